The Morgan fingerprint density at radius 2 is 1.71 bits per heavy atom. The van der Waals surface area contributed by atoms with Crippen molar-refractivity contribution in [2.24, 2.45) is 23.7 Å². The Morgan fingerprint density at radius 1 is 1.05 bits per heavy atom. The van der Waals surface area contributed by atoms with Crippen molar-refractivity contribution in [3.05, 3.63) is 0 Å². The van der Waals surface area contributed by atoms with Crippen LogP contribution in [0.5, 0.6) is 0 Å². The Kier molecular flexibility index (Phi) is 6.55. The Labute approximate surface area is 133 Å². The topological polar surface area (TPSA) is 15.3 Å². The lowest BCUT2D eigenvalue weighted by atomic mass is 9.73. The average Bonchev–Trinajstić information content (AvgIpc) is 2.47. The summed E-state index contributed by atoms with van der Waals surface area (Å²) >= 11 is 0. The summed E-state index contributed by atoms with van der Waals surface area (Å²) in [6, 6.07) is 1.45. The fraction of sp³-hybridized carbons (Fsp3) is 1.00. The highest BCUT2D eigenvalue weighted by Gasteiger charge is 2.33. The second-order valence-corrected chi connectivity index (χ2v) is 8.16. The molecule has 2 nitrogen and oxygen atoms in total. The normalized spacial score (nSPS) is 34.3. The molecule has 2 heteroatoms. The third-order valence-electron chi connectivity index (χ3n) is 6.29. The van der Waals surface area contributed by atoms with Gasteiger partial charge in [0, 0.05) is 12.1 Å². The molecule has 0 radical (unpaired) electrons. The fourth-order valence-electron chi connectivity index (χ4n) is 4.64. The predicted octanol–water partition coefficient (Wildman–Crippen LogP) is 4.16. The van der Waals surface area contributed by atoms with E-state index in [9.17, 15) is 0 Å². The molecule has 2 rings (SSSR count). The lowest BCUT2D eigenvalue weighted by Gasteiger charge is -2.42. The molecule has 0 aromatic carbocycles. The van der Waals surface area contributed by atoms with Gasteiger partial charge in [-0.3, -0.25) is 0 Å². The van der Waals surface area contributed by atoms with Crippen molar-refractivity contribution in [3.8, 4) is 0 Å². The molecule has 2 aliphatic rings. The first-order valence-corrected chi connectivity index (χ1v) is 9.49. The third kappa shape index (κ3) is 4.69. The Balaban J connectivity index is 1.86. The zero-order valence-corrected chi connectivity index (χ0v) is 15.1. The maximum absolute atomic E-state index is 4.06. The van der Waals surface area contributed by atoms with Crippen molar-refractivity contribution in [1.82, 2.24) is 10.2 Å². The molecule has 124 valence electrons. The van der Waals surface area contributed by atoms with Crippen molar-refractivity contribution in [2.45, 2.75) is 78.8 Å². The van der Waals surface area contributed by atoms with Gasteiger partial charge in [0.05, 0.1) is 0 Å². The Morgan fingerprint density at radius 3 is 2.29 bits per heavy atom. The standard InChI is InChI=1S/C19H38N2/c1-6-21-11-9-17(10-12-21)16(5)20-19-13-15(4)7-8-18(19)14(2)3/h14-20H,6-13H2,1-5H3. The first-order valence-electron chi connectivity index (χ1n) is 9.49. The SMILES string of the molecule is CCN1CCC(C(C)NC2CC(C)CCC2C(C)C)CC1. The fourth-order valence-corrected chi connectivity index (χ4v) is 4.64. The van der Waals surface area contributed by atoms with Crippen LogP contribution in [0.3, 0.4) is 0 Å². The van der Waals surface area contributed by atoms with Crippen molar-refractivity contribution >= 4 is 0 Å². The molecule has 0 aromatic rings. The smallest absolute Gasteiger partial charge is 0.0103 e. The van der Waals surface area contributed by atoms with Crippen LogP contribution in [-0.4, -0.2) is 36.6 Å². The molecule has 1 saturated heterocycles. The van der Waals surface area contributed by atoms with E-state index in [-0.39, 0.29) is 0 Å². The van der Waals surface area contributed by atoms with E-state index >= 15 is 0 Å². The lowest BCUT2D eigenvalue weighted by molar-refractivity contribution is 0.124. The zero-order valence-electron chi connectivity index (χ0n) is 15.1. The van der Waals surface area contributed by atoms with Crippen molar-refractivity contribution in [2.75, 3.05) is 19.6 Å². The number of hydrogen-bond acceptors (Lipinski definition) is 2. The first kappa shape index (κ1) is 17.3. The molecule has 0 amide bonds. The number of piperidine rings is 1. The number of nitrogens with one attached hydrogen (secondary N) is 1. The van der Waals surface area contributed by atoms with Crippen LogP contribution in [0.15, 0.2) is 0 Å². The maximum Gasteiger partial charge on any atom is 0.0103 e. The summed E-state index contributed by atoms with van der Waals surface area (Å²) in [7, 11) is 0. The van der Waals surface area contributed by atoms with Crippen molar-refractivity contribution in [3.63, 3.8) is 0 Å². The van der Waals surface area contributed by atoms with Crippen LogP contribution in [-0.2, 0) is 0 Å². The quantitative estimate of drug-likeness (QED) is 0.819. The predicted molar refractivity (Wildman–Crippen MR) is 92.6 cm³/mol. The molecule has 21 heavy (non-hydrogen) atoms. The second kappa shape index (κ2) is 7.97. The summed E-state index contributed by atoms with van der Waals surface area (Å²) < 4.78 is 0. The summed E-state index contributed by atoms with van der Waals surface area (Å²) in [4.78, 5) is 2.60. The van der Waals surface area contributed by atoms with E-state index in [0.29, 0.717) is 6.04 Å². The van der Waals surface area contributed by atoms with Gasteiger partial charge in [-0.15, -0.1) is 0 Å². The summed E-state index contributed by atoms with van der Waals surface area (Å²) in [6.07, 6.45) is 7.02. The van der Waals surface area contributed by atoms with Crippen LogP contribution < -0.4 is 5.32 Å². The summed E-state index contributed by atoms with van der Waals surface area (Å²) in [5, 5.41) is 4.06. The molecular weight excluding hydrogens is 256 g/mol. The van der Waals surface area contributed by atoms with Gasteiger partial charge in [0.1, 0.15) is 0 Å². The first-order chi connectivity index (χ1) is 10.0. The monoisotopic (exact) mass is 294 g/mol. The van der Waals surface area contributed by atoms with Gasteiger partial charge in [0.25, 0.3) is 0 Å². The molecular formula is C19H38N2. The minimum atomic E-state index is 0.695. The van der Waals surface area contributed by atoms with Gasteiger partial charge in [-0.05, 0) is 75.9 Å². The zero-order chi connectivity index (χ0) is 15.4. The molecule has 4 atom stereocenters. The van der Waals surface area contributed by atoms with Gasteiger partial charge in [-0.25, -0.2) is 0 Å². The van der Waals surface area contributed by atoms with E-state index in [0.717, 1.165) is 29.7 Å². The van der Waals surface area contributed by atoms with E-state index in [4.69, 9.17) is 0 Å². The van der Waals surface area contributed by atoms with Crippen LogP contribution in [0.25, 0.3) is 0 Å². The largest absolute Gasteiger partial charge is 0.311 e. The second-order valence-electron chi connectivity index (χ2n) is 8.16. The molecule has 1 aliphatic carbocycles. The molecule has 1 aliphatic heterocycles. The van der Waals surface area contributed by atoms with Gasteiger partial charge < -0.3 is 10.2 Å². The molecule has 0 aromatic heterocycles. The number of hydrogen-bond donors (Lipinski definition) is 1. The van der Waals surface area contributed by atoms with Crippen molar-refractivity contribution < 1.29 is 0 Å². The number of rotatable bonds is 5. The van der Waals surface area contributed by atoms with Crippen LogP contribution in [0.2, 0.25) is 0 Å². The highest BCUT2D eigenvalue weighted by atomic mass is 15.1. The van der Waals surface area contributed by atoms with E-state index in [1.165, 1.54) is 51.7 Å². The van der Waals surface area contributed by atoms with Crippen LogP contribution in [0.4, 0.5) is 0 Å². The Hall–Kier alpha value is -0.0800. The summed E-state index contributed by atoms with van der Waals surface area (Å²) in [6.45, 7) is 15.9. The highest BCUT2D eigenvalue weighted by Crippen LogP contribution is 2.34. The van der Waals surface area contributed by atoms with Gasteiger partial charge >= 0.3 is 0 Å². The van der Waals surface area contributed by atoms with E-state index < -0.39 is 0 Å². The summed E-state index contributed by atoms with van der Waals surface area (Å²) in [5.41, 5.74) is 0. The van der Waals surface area contributed by atoms with Gasteiger partial charge in [0.15, 0.2) is 0 Å². The maximum atomic E-state index is 4.06. The summed E-state index contributed by atoms with van der Waals surface area (Å²) in [5.74, 6) is 3.51. The van der Waals surface area contributed by atoms with Crippen LogP contribution in [0, 0.1) is 23.7 Å². The molecule has 0 bridgehead atoms. The molecule has 0 spiro atoms. The third-order valence-corrected chi connectivity index (χ3v) is 6.29. The average molecular weight is 295 g/mol. The number of likely N-dealkylation sites (tertiary alicyclic amines) is 1. The minimum Gasteiger partial charge on any atom is -0.311 e. The van der Waals surface area contributed by atoms with Gasteiger partial charge in [-0.1, -0.05) is 34.1 Å². The molecule has 4 unspecified atom stereocenters. The van der Waals surface area contributed by atoms with Crippen molar-refractivity contribution in [1.29, 1.82) is 0 Å². The lowest BCUT2D eigenvalue weighted by Crippen LogP contribution is -2.50. The van der Waals surface area contributed by atoms with E-state index in [1.54, 1.807) is 0 Å². The molecule has 1 heterocycles. The van der Waals surface area contributed by atoms with E-state index in [2.05, 4.69) is 44.8 Å². The minimum absolute atomic E-state index is 0.695. The molecule has 1 saturated carbocycles. The van der Waals surface area contributed by atoms with E-state index in [1.807, 2.05) is 0 Å². The van der Waals surface area contributed by atoms with Crippen LogP contribution >= 0.6 is 0 Å². The molecule has 1 N–H and O–H groups in total. The van der Waals surface area contributed by atoms with Gasteiger partial charge in [0.2, 0.25) is 0 Å². The Bertz CT molecular complexity index is 294. The van der Waals surface area contributed by atoms with Crippen LogP contribution in [0.1, 0.15) is 66.7 Å². The highest BCUT2D eigenvalue weighted by molar-refractivity contribution is 4.89. The van der Waals surface area contributed by atoms with Gasteiger partial charge in [-0.2, -0.15) is 0 Å². The molecule has 2 fully saturated rings. The number of nitrogens with zero attached hydrogens (tertiary/aromatic N) is 1.